The number of hydrogen-bond acceptors (Lipinski definition) is 4. The van der Waals surface area contributed by atoms with Crippen LogP contribution >= 0.6 is 0 Å². The Hall–Kier alpha value is -1.26. The molecule has 0 bridgehead atoms. The average Bonchev–Trinajstić information content (AvgIpc) is 2.38. The topological polar surface area (TPSA) is 52.7 Å². The Kier molecular flexibility index (Phi) is 4.09. The van der Waals surface area contributed by atoms with E-state index < -0.39 is 0 Å². The van der Waals surface area contributed by atoms with Crippen molar-refractivity contribution in [1.82, 2.24) is 4.90 Å². The Morgan fingerprint density at radius 2 is 1.89 bits per heavy atom. The zero-order valence-electron chi connectivity index (χ0n) is 11.3. The molecule has 4 nitrogen and oxygen atoms in total. The Bertz CT molecular complexity index is 398. The van der Waals surface area contributed by atoms with Crippen LogP contribution in [0.15, 0.2) is 18.2 Å². The number of nitrogen functional groups attached to an aromatic ring is 1. The van der Waals surface area contributed by atoms with Crippen molar-refractivity contribution in [3.8, 4) is 0 Å². The maximum atomic E-state index is 9.42. The smallest absolute Gasteiger partial charge is 0.0702 e. The van der Waals surface area contributed by atoms with Crippen LogP contribution in [0.25, 0.3) is 0 Å². The summed E-state index contributed by atoms with van der Waals surface area (Å²) in [5.74, 6) is 0. The largest absolute Gasteiger partial charge is 0.399 e. The highest BCUT2D eigenvalue weighted by atomic mass is 16.3. The monoisotopic (exact) mass is 249 g/mol. The van der Waals surface area contributed by atoms with Gasteiger partial charge in [0, 0.05) is 49.2 Å². The number of aliphatic hydroxyl groups excluding tert-OH is 1. The van der Waals surface area contributed by atoms with Gasteiger partial charge < -0.3 is 15.7 Å². The first-order valence-electron chi connectivity index (χ1n) is 6.60. The molecule has 1 aliphatic heterocycles. The molecular weight excluding hydrogens is 226 g/mol. The highest BCUT2D eigenvalue weighted by Crippen LogP contribution is 2.24. The minimum Gasteiger partial charge on any atom is -0.399 e. The third-order valence-electron chi connectivity index (χ3n) is 3.66. The van der Waals surface area contributed by atoms with Crippen LogP contribution in [0.4, 0.5) is 11.4 Å². The molecule has 4 heteroatoms. The van der Waals surface area contributed by atoms with Crippen molar-refractivity contribution in [2.75, 3.05) is 36.8 Å². The molecular formula is C14H23N3O. The van der Waals surface area contributed by atoms with Crippen LogP contribution in [-0.4, -0.2) is 42.2 Å². The quantitative estimate of drug-likeness (QED) is 0.793. The van der Waals surface area contributed by atoms with Crippen molar-refractivity contribution < 1.29 is 5.11 Å². The van der Waals surface area contributed by atoms with E-state index >= 15 is 0 Å². The molecule has 0 aliphatic carbocycles. The lowest BCUT2D eigenvalue weighted by Crippen LogP contribution is -2.49. The van der Waals surface area contributed by atoms with E-state index in [0.717, 1.165) is 37.4 Å². The molecule has 18 heavy (non-hydrogen) atoms. The SMILES string of the molecule is CC(C)N1CCN(c2ccc(N)cc2CO)CC1. The molecule has 1 saturated heterocycles. The molecule has 0 radical (unpaired) electrons. The molecule has 3 N–H and O–H groups in total. The minimum atomic E-state index is 0.0464. The van der Waals surface area contributed by atoms with E-state index in [2.05, 4.69) is 23.6 Å². The summed E-state index contributed by atoms with van der Waals surface area (Å²) in [6.07, 6.45) is 0. The lowest BCUT2D eigenvalue weighted by Gasteiger charge is -2.38. The molecule has 2 rings (SSSR count). The van der Waals surface area contributed by atoms with Crippen LogP contribution in [0.3, 0.4) is 0 Å². The van der Waals surface area contributed by atoms with Gasteiger partial charge in [-0.1, -0.05) is 0 Å². The van der Waals surface area contributed by atoms with Crippen molar-refractivity contribution >= 4 is 11.4 Å². The molecule has 0 atom stereocenters. The van der Waals surface area contributed by atoms with Crippen LogP contribution in [0.1, 0.15) is 19.4 Å². The standard InChI is InChI=1S/C14H23N3O/c1-11(2)16-5-7-17(8-6-16)14-4-3-13(15)9-12(14)10-18/h3-4,9,11,18H,5-8,10,15H2,1-2H3. The summed E-state index contributed by atoms with van der Waals surface area (Å²) in [4.78, 5) is 4.82. The predicted molar refractivity (Wildman–Crippen MR) is 75.7 cm³/mol. The molecule has 1 aromatic carbocycles. The van der Waals surface area contributed by atoms with Gasteiger partial charge in [0.1, 0.15) is 0 Å². The van der Waals surface area contributed by atoms with Crippen LogP contribution in [0.2, 0.25) is 0 Å². The molecule has 1 aromatic rings. The number of aliphatic hydroxyl groups is 1. The van der Waals surface area contributed by atoms with Gasteiger partial charge in [-0.15, -0.1) is 0 Å². The summed E-state index contributed by atoms with van der Waals surface area (Å²) in [5.41, 5.74) is 8.51. The highest BCUT2D eigenvalue weighted by Gasteiger charge is 2.20. The van der Waals surface area contributed by atoms with E-state index in [1.807, 2.05) is 18.2 Å². The summed E-state index contributed by atoms with van der Waals surface area (Å²) in [6, 6.07) is 6.40. The van der Waals surface area contributed by atoms with Gasteiger partial charge in [0.05, 0.1) is 6.61 Å². The van der Waals surface area contributed by atoms with E-state index in [1.54, 1.807) is 0 Å². The van der Waals surface area contributed by atoms with E-state index in [0.29, 0.717) is 11.7 Å². The molecule has 0 aromatic heterocycles. The van der Waals surface area contributed by atoms with Gasteiger partial charge in [-0.2, -0.15) is 0 Å². The fraction of sp³-hybridized carbons (Fsp3) is 0.571. The normalized spacial score (nSPS) is 17.4. The van der Waals surface area contributed by atoms with Gasteiger partial charge in [0.25, 0.3) is 0 Å². The zero-order chi connectivity index (χ0) is 13.1. The van der Waals surface area contributed by atoms with Crippen molar-refractivity contribution in [3.05, 3.63) is 23.8 Å². The van der Waals surface area contributed by atoms with Gasteiger partial charge in [0.15, 0.2) is 0 Å². The number of anilines is 2. The summed E-state index contributed by atoms with van der Waals surface area (Å²) < 4.78 is 0. The lowest BCUT2D eigenvalue weighted by atomic mass is 10.1. The molecule has 0 amide bonds. The number of hydrogen-bond donors (Lipinski definition) is 2. The van der Waals surface area contributed by atoms with Crippen LogP contribution in [0.5, 0.6) is 0 Å². The number of rotatable bonds is 3. The molecule has 1 heterocycles. The third-order valence-corrected chi connectivity index (χ3v) is 3.66. The highest BCUT2D eigenvalue weighted by molar-refractivity contribution is 5.59. The van der Waals surface area contributed by atoms with Crippen molar-refractivity contribution in [3.63, 3.8) is 0 Å². The first-order valence-corrected chi connectivity index (χ1v) is 6.60. The molecule has 0 saturated carbocycles. The summed E-state index contributed by atoms with van der Waals surface area (Å²) in [7, 11) is 0. The fourth-order valence-corrected chi connectivity index (χ4v) is 2.52. The molecule has 100 valence electrons. The number of nitrogens with two attached hydrogens (primary N) is 1. The van der Waals surface area contributed by atoms with Gasteiger partial charge >= 0.3 is 0 Å². The van der Waals surface area contributed by atoms with E-state index in [4.69, 9.17) is 5.73 Å². The van der Waals surface area contributed by atoms with Crippen molar-refractivity contribution in [1.29, 1.82) is 0 Å². The number of benzene rings is 1. The summed E-state index contributed by atoms with van der Waals surface area (Å²) in [6.45, 7) is 8.69. The van der Waals surface area contributed by atoms with E-state index in [9.17, 15) is 5.11 Å². The minimum absolute atomic E-state index is 0.0464. The van der Waals surface area contributed by atoms with E-state index in [-0.39, 0.29) is 6.61 Å². The number of piperazine rings is 1. The third kappa shape index (κ3) is 2.76. The maximum absolute atomic E-state index is 9.42. The van der Waals surface area contributed by atoms with Gasteiger partial charge in [-0.05, 0) is 32.0 Å². The van der Waals surface area contributed by atoms with Gasteiger partial charge in [-0.25, -0.2) is 0 Å². The summed E-state index contributed by atoms with van der Waals surface area (Å²) in [5, 5.41) is 9.42. The second-order valence-electron chi connectivity index (χ2n) is 5.16. The van der Waals surface area contributed by atoms with Gasteiger partial charge in [-0.3, -0.25) is 4.90 Å². The maximum Gasteiger partial charge on any atom is 0.0702 e. The molecule has 0 spiro atoms. The molecule has 1 fully saturated rings. The molecule has 1 aliphatic rings. The Balaban J connectivity index is 2.09. The predicted octanol–water partition coefficient (Wildman–Crippen LogP) is 1.29. The number of nitrogens with zero attached hydrogens (tertiary/aromatic N) is 2. The Morgan fingerprint density at radius 3 is 2.44 bits per heavy atom. The second kappa shape index (κ2) is 5.59. The van der Waals surface area contributed by atoms with Crippen LogP contribution in [-0.2, 0) is 6.61 Å². The zero-order valence-corrected chi connectivity index (χ0v) is 11.3. The first kappa shape index (κ1) is 13.2. The second-order valence-corrected chi connectivity index (χ2v) is 5.16. The van der Waals surface area contributed by atoms with Crippen molar-refractivity contribution in [2.24, 2.45) is 0 Å². The van der Waals surface area contributed by atoms with E-state index in [1.165, 1.54) is 0 Å². The first-order chi connectivity index (χ1) is 8.61. The van der Waals surface area contributed by atoms with Crippen LogP contribution in [0, 0.1) is 0 Å². The van der Waals surface area contributed by atoms with Gasteiger partial charge in [0.2, 0.25) is 0 Å². The Labute approximate surface area is 109 Å². The van der Waals surface area contributed by atoms with Crippen molar-refractivity contribution in [2.45, 2.75) is 26.5 Å². The Morgan fingerprint density at radius 1 is 1.22 bits per heavy atom. The lowest BCUT2D eigenvalue weighted by molar-refractivity contribution is 0.209. The van der Waals surface area contributed by atoms with Crippen LogP contribution < -0.4 is 10.6 Å². The average molecular weight is 249 g/mol. The fourth-order valence-electron chi connectivity index (χ4n) is 2.52. The summed E-state index contributed by atoms with van der Waals surface area (Å²) >= 11 is 0. The molecule has 0 unspecified atom stereocenters.